The van der Waals surface area contributed by atoms with Crippen LogP contribution in [-0.2, 0) is 9.47 Å². The van der Waals surface area contributed by atoms with E-state index in [1.54, 1.807) is 0 Å². The van der Waals surface area contributed by atoms with E-state index in [-0.39, 0.29) is 12.3 Å². The second-order valence-electron chi connectivity index (χ2n) is 2.38. The summed E-state index contributed by atoms with van der Waals surface area (Å²) in [6.07, 6.45) is 0.769. The lowest BCUT2D eigenvalue weighted by Crippen LogP contribution is -2.23. The predicted octanol–water partition coefficient (Wildman–Crippen LogP) is 0.899. The molecule has 0 radical (unpaired) electrons. The van der Waals surface area contributed by atoms with Gasteiger partial charge in [0.1, 0.15) is 0 Å². The van der Waals surface area contributed by atoms with Gasteiger partial charge in [0, 0.05) is 12.5 Å². The Morgan fingerprint density at radius 3 is 2.27 bits per heavy atom. The monoisotopic (exact) mass is 159 g/mol. The molecule has 66 valence electrons. The van der Waals surface area contributed by atoms with Crippen LogP contribution in [0.1, 0.15) is 13.3 Å². The fourth-order valence-electron chi connectivity index (χ4n) is 0.847. The van der Waals surface area contributed by atoms with Crippen molar-refractivity contribution in [1.82, 2.24) is 0 Å². The quantitative estimate of drug-likeness (QED) is 0.609. The molecule has 0 aromatic heterocycles. The summed E-state index contributed by atoms with van der Waals surface area (Å²) in [5, 5.41) is 0. The third-order valence-electron chi connectivity index (χ3n) is 1.26. The van der Waals surface area contributed by atoms with Gasteiger partial charge in [-0.15, -0.1) is 13.2 Å². The topological polar surface area (TPSA) is 44.5 Å². The first-order chi connectivity index (χ1) is 5.29. The highest BCUT2D eigenvalue weighted by atomic mass is 16.7. The Bertz CT molecular complexity index is 90.1. The Morgan fingerprint density at radius 1 is 1.45 bits per heavy atom. The lowest BCUT2D eigenvalue weighted by Gasteiger charge is -2.10. The van der Waals surface area contributed by atoms with E-state index in [9.17, 15) is 0 Å². The summed E-state index contributed by atoms with van der Waals surface area (Å²) in [5.74, 6) is 0. The summed E-state index contributed by atoms with van der Waals surface area (Å²) in [6, 6.07) is 0.174. The number of hydrogen-bond acceptors (Lipinski definition) is 3. The highest BCUT2D eigenvalue weighted by molar-refractivity contribution is 4.59. The molecule has 1 unspecified atom stereocenters. The minimum Gasteiger partial charge on any atom is -0.350 e. The van der Waals surface area contributed by atoms with E-state index in [4.69, 9.17) is 15.2 Å². The van der Waals surface area contributed by atoms with Crippen molar-refractivity contribution >= 4 is 0 Å². The minimum absolute atomic E-state index is 0.0370. The van der Waals surface area contributed by atoms with Gasteiger partial charge in [-0.2, -0.15) is 0 Å². The van der Waals surface area contributed by atoms with E-state index in [0.29, 0.717) is 0 Å². The zero-order valence-electron chi connectivity index (χ0n) is 7.08. The van der Waals surface area contributed by atoms with Crippen LogP contribution in [0.4, 0.5) is 0 Å². The molecule has 11 heavy (non-hydrogen) atoms. The summed E-state index contributed by atoms with van der Waals surface area (Å²) in [7, 11) is 0. The van der Waals surface area contributed by atoms with Gasteiger partial charge in [-0.25, -0.2) is 0 Å². The van der Waals surface area contributed by atoms with Crippen LogP contribution in [0.2, 0.25) is 0 Å². The SMILES string of the molecule is C=C.CC(N)CC1OCCO1. The van der Waals surface area contributed by atoms with Gasteiger partial charge in [0.15, 0.2) is 6.29 Å². The van der Waals surface area contributed by atoms with Crippen LogP contribution in [0.25, 0.3) is 0 Å². The third-order valence-corrected chi connectivity index (χ3v) is 1.26. The van der Waals surface area contributed by atoms with Crippen LogP contribution in [0.15, 0.2) is 13.2 Å². The van der Waals surface area contributed by atoms with Crippen molar-refractivity contribution in [1.29, 1.82) is 0 Å². The molecule has 1 aliphatic heterocycles. The molecule has 3 nitrogen and oxygen atoms in total. The number of ether oxygens (including phenoxy) is 2. The molecule has 0 bridgehead atoms. The van der Waals surface area contributed by atoms with Crippen LogP contribution in [0, 0.1) is 0 Å². The maximum absolute atomic E-state index is 5.51. The lowest BCUT2D eigenvalue weighted by atomic mass is 10.2. The van der Waals surface area contributed by atoms with Crippen molar-refractivity contribution in [3.63, 3.8) is 0 Å². The minimum atomic E-state index is -0.0370. The molecule has 2 N–H and O–H groups in total. The lowest BCUT2D eigenvalue weighted by molar-refractivity contribution is -0.0495. The largest absolute Gasteiger partial charge is 0.350 e. The van der Waals surface area contributed by atoms with Gasteiger partial charge in [0.25, 0.3) is 0 Å². The molecule has 1 saturated heterocycles. The van der Waals surface area contributed by atoms with Crippen molar-refractivity contribution in [3.8, 4) is 0 Å². The van der Waals surface area contributed by atoms with Crippen LogP contribution in [0.3, 0.4) is 0 Å². The number of rotatable bonds is 2. The Morgan fingerprint density at radius 2 is 1.91 bits per heavy atom. The van der Waals surface area contributed by atoms with Gasteiger partial charge in [0.05, 0.1) is 13.2 Å². The van der Waals surface area contributed by atoms with Gasteiger partial charge < -0.3 is 15.2 Å². The molecule has 0 aromatic rings. The van der Waals surface area contributed by atoms with E-state index in [1.165, 1.54) is 0 Å². The summed E-state index contributed by atoms with van der Waals surface area (Å²) in [6.45, 7) is 9.39. The van der Waals surface area contributed by atoms with E-state index in [0.717, 1.165) is 19.6 Å². The van der Waals surface area contributed by atoms with Gasteiger partial charge in [-0.3, -0.25) is 0 Å². The zero-order chi connectivity index (χ0) is 8.69. The molecule has 3 heteroatoms. The second-order valence-corrected chi connectivity index (χ2v) is 2.38. The van der Waals surface area contributed by atoms with E-state index < -0.39 is 0 Å². The normalized spacial score (nSPS) is 20.5. The number of nitrogens with two attached hydrogens (primary N) is 1. The molecule has 1 atom stereocenters. The first-order valence-electron chi connectivity index (χ1n) is 3.78. The van der Waals surface area contributed by atoms with Crippen LogP contribution in [-0.4, -0.2) is 25.5 Å². The predicted molar refractivity (Wildman–Crippen MR) is 45.2 cm³/mol. The average molecular weight is 159 g/mol. The highest BCUT2D eigenvalue weighted by Crippen LogP contribution is 2.08. The van der Waals surface area contributed by atoms with E-state index >= 15 is 0 Å². The summed E-state index contributed by atoms with van der Waals surface area (Å²) in [4.78, 5) is 0. The molecule has 1 aliphatic rings. The molecule has 0 aliphatic carbocycles. The Kier molecular flexibility index (Phi) is 6.12. The smallest absolute Gasteiger partial charge is 0.159 e. The van der Waals surface area contributed by atoms with Gasteiger partial charge >= 0.3 is 0 Å². The molecule has 1 fully saturated rings. The molecule has 1 heterocycles. The first-order valence-corrected chi connectivity index (χ1v) is 3.78. The second kappa shape index (κ2) is 6.34. The Balaban J connectivity index is 0.000000461. The average Bonchev–Trinajstić information content (AvgIpc) is 2.43. The summed E-state index contributed by atoms with van der Waals surface area (Å²) >= 11 is 0. The molecule has 1 rings (SSSR count). The summed E-state index contributed by atoms with van der Waals surface area (Å²) in [5.41, 5.74) is 5.51. The van der Waals surface area contributed by atoms with Crippen LogP contribution >= 0.6 is 0 Å². The fraction of sp³-hybridized carbons (Fsp3) is 0.750. The zero-order valence-corrected chi connectivity index (χ0v) is 7.08. The van der Waals surface area contributed by atoms with Crippen molar-refractivity contribution in [2.75, 3.05) is 13.2 Å². The molecular formula is C8H17NO2. The standard InChI is InChI=1S/C6H13NO2.C2H4/c1-5(7)4-6-8-2-3-9-6;1-2/h5-6H,2-4,7H2,1H3;1-2H2. The van der Waals surface area contributed by atoms with Crippen molar-refractivity contribution in [2.45, 2.75) is 25.7 Å². The van der Waals surface area contributed by atoms with Crippen molar-refractivity contribution in [3.05, 3.63) is 13.2 Å². The fourth-order valence-corrected chi connectivity index (χ4v) is 0.847. The van der Waals surface area contributed by atoms with Gasteiger partial charge in [0.2, 0.25) is 0 Å². The van der Waals surface area contributed by atoms with Gasteiger partial charge in [-0.05, 0) is 6.92 Å². The molecule has 0 amide bonds. The van der Waals surface area contributed by atoms with E-state index in [1.807, 2.05) is 6.92 Å². The van der Waals surface area contributed by atoms with Crippen molar-refractivity contribution in [2.24, 2.45) is 5.73 Å². The first kappa shape index (κ1) is 10.6. The van der Waals surface area contributed by atoms with Crippen LogP contribution in [0.5, 0.6) is 0 Å². The number of hydrogen-bond donors (Lipinski definition) is 1. The third kappa shape index (κ3) is 4.95. The molecule has 0 spiro atoms. The maximum atomic E-state index is 5.51. The molecule has 0 saturated carbocycles. The van der Waals surface area contributed by atoms with Gasteiger partial charge in [-0.1, -0.05) is 0 Å². The maximum Gasteiger partial charge on any atom is 0.159 e. The van der Waals surface area contributed by atoms with Crippen molar-refractivity contribution < 1.29 is 9.47 Å². The Hall–Kier alpha value is -0.380. The van der Waals surface area contributed by atoms with Crippen LogP contribution < -0.4 is 5.73 Å². The van der Waals surface area contributed by atoms with E-state index in [2.05, 4.69) is 13.2 Å². The highest BCUT2D eigenvalue weighted by Gasteiger charge is 2.16. The Labute approximate surface area is 68.2 Å². The summed E-state index contributed by atoms with van der Waals surface area (Å²) < 4.78 is 10.3. The molecule has 0 aromatic carbocycles. The molecular weight excluding hydrogens is 142 g/mol.